The summed E-state index contributed by atoms with van der Waals surface area (Å²) in [6.45, 7) is 27.5. The van der Waals surface area contributed by atoms with Gasteiger partial charge in [0.1, 0.15) is 73.1 Å². The highest BCUT2D eigenvalue weighted by Crippen LogP contribution is 2.29. The molecule has 558 valence electrons. The maximum absolute atomic E-state index is 15.4. The predicted molar refractivity (Wildman–Crippen MR) is 370 cm³/mol. The Morgan fingerprint density at radius 1 is 0.531 bits per heavy atom. The minimum absolute atomic E-state index is 0.0910. The van der Waals surface area contributed by atoms with Gasteiger partial charge >= 0.3 is 6.09 Å². The number of rotatable bonds is 18. The number of nitrogens with one attached hydrogen (secondary N) is 4. The zero-order valence-electron chi connectivity index (χ0n) is 62.8. The van der Waals surface area contributed by atoms with Crippen molar-refractivity contribution < 1.29 is 77.2 Å². The Labute approximate surface area is 582 Å². The average Bonchev–Trinajstić information content (AvgIpc) is 1.45. The normalized spacial score (nSPS) is 28.2. The van der Waals surface area contributed by atoms with Crippen molar-refractivity contribution in [3.63, 3.8) is 0 Å². The van der Waals surface area contributed by atoms with Gasteiger partial charge in [0.2, 0.25) is 65.0 Å². The molecule has 3 rings (SSSR count). The standard InChI is InChI=1S/C70H122N12O16/c1-23-25-29-44(13)58(84)57-62(88)73-49(24-2)64(90)82-38-48(97-32-33-98-70(96)81-30-27-26-28-31-81)37-53(82)67(93)79(21)56(47(16)83)61(87)74-54(42(9)10)68(94)75(17)50(34-39(3)4)60(86)71-45(14)59(85)72-46(15)63(89)76(18)51(35-40(5)6)65(91)77(19)52(36-41(7)8)66(92)78(20)55(43(11)12)69(95)80(57)22/h23,25,39-58,83-84H,24,26-38H2,1-22H3,(H,71,86)(H,72,85)(H,73,88)(H,74,87)/b25-23+/t44-,45+,46-,47-,48?,49+,50+,51+,52+,53-,54+,55+,56?,57+,58-/m1/s1. The first-order valence-electron chi connectivity index (χ1n) is 35.3. The van der Waals surface area contributed by atoms with Gasteiger partial charge in [-0.05, 0) is 115 Å². The van der Waals surface area contributed by atoms with Gasteiger partial charge in [0, 0.05) is 68.3 Å². The van der Waals surface area contributed by atoms with Crippen molar-refractivity contribution in [2.24, 2.45) is 35.5 Å². The molecule has 12 amide bonds. The molecule has 0 saturated carbocycles. The molecule has 0 spiro atoms. The van der Waals surface area contributed by atoms with Crippen molar-refractivity contribution in [2.75, 3.05) is 75.1 Å². The van der Waals surface area contributed by atoms with Gasteiger partial charge in [-0.3, -0.25) is 52.7 Å². The molecular formula is C70H122N12O16. The van der Waals surface area contributed by atoms with Crippen LogP contribution in [0, 0.1) is 35.5 Å². The van der Waals surface area contributed by atoms with E-state index in [1.54, 1.807) is 65.5 Å². The summed E-state index contributed by atoms with van der Waals surface area (Å²) in [6.07, 6.45) is 1.94. The second-order valence-electron chi connectivity index (χ2n) is 29.3. The van der Waals surface area contributed by atoms with Gasteiger partial charge in [-0.2, -0.15) is 0 Å². The quantitative estimate of drug-likeness (QED) is 0.0849. The van der Waals surface area contributed by atoms with Crippen molar-refractivity contribution in [2.45, 2.75) is 253 Å². The van der Waals surface area contributed by atoms with E-state index in [1.165, 1.54) is 82.7 Å². The topological polar surface area (TPSA) is 338 Å². The van der Waals surface area contributed by atoms with Crippen LogP contribution in [0.1, 0.15) is 169 Å². The number of carbonyl (C=O) groups is 12. The molecule has 2 unspecified atom stereocenters. The lowest BCUT2D eigenvalue weighted by Gasteiger charge is -2.41. The van der Waals surface area contributed by atoms with Crippen molar-refractivity contribution in [3.8, 4) is 0 Å². The molecule has 3 heterocycles. The maximum Gasteiger partial charge on any atom is 0.409 e. The molecule has 6 N–H and O–H groups in total. The summed E-state index contributed by atoms with van der Waals surface area (Å²) in [4.78, 5) is 187. The monoisotopic (exact) mass is 1390 g/mol. The molecule has 0 aromatic rings. The summed E-state index contributed by atoms with van der Waals surface area (Å²) in [6, 6.07) is -15.1. The van der Waals surface area contributed by atoms with E-state index in [4.69, 9.17) is 9.47 Å². The number of ether oxygens (including phenoxy) is 2. The molecule has 28 heteroatoms. The van der Waals surface area contributed by atoms with E-state index in [9.17, 15) is 39.0 Å². The first-order valence-corrected chi connectivity index (χ1v) is 35.3. The number of likely N-dealkylation sites (N-methyl/N-ethyl adjacent to an activating group) is 6. The third-order valence-electron chi connectivity index (χ3n) is 19.1. The van der Waals surface area contributed by atoms with Gasteiger partial charge in [0.15, 0.2) is 0 Å². The van der Waals surface area contributed by atoms with Crippen LogP contribution in [-0.4, -0.2) is 280 Å². The summed E-state index contributed by atoms with van der Waals surface area (Å²) >= 11 is 0. The zero-order valence-corrected chi connectivity index (χ0v) is 62.8. The fourth-order valence-electron chi connectivity index (χ4n) is 13.1. The third-order valence-corrected chi connectivity index (χ3v) is 19.1. The number of hydrogen-bond donors (Lipinski definition) is 6. The number of allylic oxidation sites excluding steroid dienone is 2. The van der Waals surface area contributed by atoms with E-state index in [0.29, 0.717) is 13.1 Å². The van der Waals surface area contributed by atoms with Gasteiger partial charge < -0.3 is 80.2 Å². The number of piperidine rings is 1. The molecule has 3 saturated heterocycles. The summed E-state index contributed by atoms with van der Waals surface area (Å²) in [5.41, 5.74) is 0. The van der Waals surface area contributed by atoms with Gasteiger partial charge in [0.25, 0.3) is 0 Å². The van der Waals surface area contributed by atoms with E-state index in [2.05, 4.69) is 21.3 Å². The van der Waals surface area contributed by atoms with E-state index < -0.39 is 174 Å². The lowest BCUT2D eigenvalue weighted by atomic mass is 9.91. The highest BCUT2D eigenvalue weighted by molar-refractivity contribution is 6.00. The Kier molecular flexibility index (Phi) is 34.1. The zero-order chi connectivity index (χ0) is 74.7. The largest absolute Gasteiger partial charge is 0.447 e. The highest BCUT2D eigenvalue weighted by atomic mass is 16.6. The molecule has 28 nitrogen and oxygen atoms in total. The van der Waals surface area contributed by atoms with E-state index in [1.807, 2.05) is 41.5 Å². The van der Waals surface area contributed by atoms with Gasteiger partial charge in [-0.25, -0.2) is 4.79 Å². The van der Waals surface area contributed by atoms with Crippen LogP contribution in [0.15, 0.2) is 12.2 Å². The number of aliphatic hydroxyl groups excluding tert-OH is 2. The SMILES string of the molecule is C/C=C/C[C@@H](C)[C@@H](O)[C@H]1C(=O)N[C@@H](CC)C(=O)N2CC(OCCOC(=O)N3CCCCC3)C[C@@H]2C(=O)N(C)C([C@@H](C)O)C(=O)N[C@@H](C(C)C)C(=O)N(C)[C@@H](CC(C)C)C(=O)N[C@@H](C)C(=O)N[C@H](C)C(=O)N(C)[C@@H](CC(C)C)C(=O)N(C)[C@@H](CC(C)C)C(=O)N(C)[C@@H](C(C)C)C(=O)N1C. The summed E-state index contributed by atoms with van der Waals surface area (Å²) in [7, 11) is 8.24. The number of nitrogens with zero attached hydrogens (tertiary/aromatic N) is 8. The molecule has 15 atom stereocenters. The second kappa shape index (κ2) is 39.2. The van der Waals surface area contributed by atoms with Crippen molar-refractivity contribution >= 4 is 71.1 Å². The fraction of sp³-hybridized carbons (Fsp3) is 0.800. The van der Waals surface area contributed by atoms with E-state index in [-0.39, 0.29) is 76.0 Å². The lowest BCUT2D eigenvalue weighted by molar-refractivity contribution is -0.157. The number of likely N-dealkylation sites (tertiary alicyclic amines) is 1. The van der Waals surface area contributed by atoms with Crippen LogP contribution in [0.4, 0.5) is 4.79 Å². The van der Waals surface area contributed by atoms with Crippen molar-refractivity contribution in [3.05, 3.63) is 12.2 Å². The smallest absolute Gasteiger partial charge is 0.409 e. The van der Waals surface area contributed by atoms with Crippen molar-refractivity contribution in [1.82, 2.24) is 60.5 Å². The van der Waals surface area contributed by atoms with Crippen LogP contribution in [0.3, 0.4) is 0 Å². The first kappa shape index (κ1) is 85.3. The third kappa shape index (κ3) is 22.8. The van der Waals surface area contributed by atoms with Crippen LogP contribution in [-0.2, 0) is 62.2 Å². The van der Waals surface area contributed by atoms with Crippen LogP contribution in [0.2, 0.25) is 0 Å². The molecule has 3 fully saturated rings. The number of aliphatic hydroxyl groups is 2. The summed E-state index contributed by atoms with van der Waals surface area (Å²) < 4.78 is 11.7. The summed E-state index contributed by atoms with van der Waals surface area (Å²) in [5.74, 6) is -11.0. The Hall–Kier alpha value is -6.94. The number of carbonyl (C=O) groups excluding carboxylic acids is 12. The Balaban J connectivity index is 2.36. The van der Waals surface area contributed by atoms with Gasteiger partial charge in [0.05, 0.1) is 24.9 Å². The number of hydrogen-bond acceptors (Lipinski definition) is 16. The van der Waals surface area contributed by atoms with Crippen LogP contribution in [0.5, 0.6) is 0 Å². The molecule has 3 aliphatic heterocycles. The van der Waals surface area contributed by atoms with Crippen LogP contribution >= 0.6 is 0 Å². The molecule has 0 bridgehead atoms. The fourth-order valence-corrected chi connectivity index (χ4v) is 13.1. The molecule has 0 aromatic heterocycles. The molecule has 0 radical (unpaired) electrons. The average molecular weight is 1390 g/mol. The van der Waals surface area contributed by atoms with Gasteiger partial charge in [-0.15, -0.1) is 0 Å². The molecule has 98 heavy (non-hydrogen) atoms. The minimum atomic E-state index is -1.71. The second-order valence-corrected chi connectivity index (χ2v) is 29.3. The Morgan fingerprint density at radius 3 is 1.53 bits per heavy atom. The van der Waals surface area contributed by atoms with Crippen LogP contribution < -0.4 is 21.3 Å². The first-order chi connectivity index (χ1) is 45.7. The molecule has 0 aromatic carbocycles. The molecular weight excluding hydrogens is 1260 g/mol. The Bertz CT molecular complexity index is 2760. The van der Waals surface area contributed by atoms with Gasteiger partial charge in [-0.1, -0.05) is 95.2 Å². The Morgan fingerprint density at radius 2 is 1.02 bits per heavy atom. The maximum atomic E-state index is 15.4. The van der Waals surface area contributed by atoms with Crippen LogP contribution in [0.25, 0.3) is 0 Å². The number of fused-ring (bicyclic) bond motifs is 1. The number of amides is 12. The predicted octanol–water partition coefficient (Wildman–Crippen LogP) is 2.75. The van der Waals surface area contributed by atoms with Crippen molar-refractivity contribution in [1.29, 1.82) is 0 Å². The minimum Gasteiger partial charge on any atom is -0.447 e. The lowest BCUT2D eigenvalue weighted by Crippen LogP contribution is -2.64. The van der Waals surface area contributed by atoms with E-state index >= 15 is 28.8 Å². The summed E-state index contributed by atoms with van der Waals surface area (Å²) in [5, 5.41) is 34.7. The molecule has 3 aliphatic rings. The molecule has 0 aliphatic carbocycles. The van der Waals surface area contributed by atoms with E-state index in [0.717, 1.165) is 34.0 Å². The highest BCUT2D eigenvalue weighted by Gasteiger charge is 2.49.